The lowest BCUT2D eigenvalue weighted by Gasteiger charge is -2.47. The van der Waals surface area contributed by atoms with Gasteiger partial charge in [-0.25, -0.2) is 0 Å². The number of benzene rings is 1. The van der Waals surface area contributed by atoms with E-state index in [2.05, 4.69) is 54.0 Å². The van der Waals surface area contributed by atoms with Gasteiger partial charge in [0.1, 0.15) is 0 Å². The number of piperidine rings is 1. The molecule has 4 rings (SSSR count). The average molecular weight is 453 g/mol. The number of rotatable bonds is 6. The predicted octanol–water partition coefficient (Wildman–Crippen LogP) is 4.66. The molecule has 3 atom stereocenters. The summed E-state index contributed by atoms with van der Waals surface area (Å²) < 4.78 is 28.4. The number of fused-ring (bicyclic) bond motifs is 2. The van der Waals surface area contributed by atoms with E-state index >= 15 is 0 Å². The van der Waals surface area contributed by atoms with Crippen LogP contribution in [0.2, 0.25) is 0 Å². The molecule has 168 valence electrons. The summed E-state index contributed by atoms with van der Waals surface area (Å²) in [5.74, 6) is 2.88. The largest absolute Gasteiger partial charge is 0.347 e. The van der Waals surface area contributed by atoms with Crippen LogP contribution >= 0.6 is 11.8 Å². The maximum atomic E-state index is 9.19. The molecule has 2 aromatic rings. The number of aromatic nitrogens is 1. The molecular weight excluding hydrogens is 416 g/mol. The van der Waals surface area contributed by atoms with Crippen molar-refractivity contribution in [1.29, 1.82) is 0 Å². The first-order chi connectivity index (χ1) is 14.3. The van der Waals surface area contributed by atoms with Crippen LogP contribution in [0.5, 0.6) is 0 Å². The highest BCUT2D eigenvalue weighted by Gasteiger charge is 2.40. The minimum atomic E-state index is -3.67. The van der Waals surface area contributed by atoms with Crippen molar-refractivity contribution in [2.24, 2.45) is 5.92 Å². The highest BCUT2D eigenvalue weighted by molar-refractivity contribution is 7.98. The van der Waals surface area contributed by atoms with E-state index in [1.807, 2.05) is 11.8 Å². The Morgan fingerprint density at radius 3 is 2.53 bits per heavy atom. The summed E-state index contributed by atoms with van der Waals surface area (Å²) in [4.78, 5) is 2.83. The van der Waals surface area contributed by atoms with Crippen molar-refractivity contribution in [2.45, 2.75) is 58.0 Å². The van der Waals surface area contributed by atoms with Crippen LogP contribution in [0.25, 0.3) is 10.9 Å². The molecule has 0 amide bonds. The Bertz CT molecular complexity index is 947. The average Bonchev–Trinajstić information content (AvgIpc) is 3.01. The molecule has 1 unspecified atom stereocenters. The van der Waals surface area contributed by atoms with Gasteiger partial charge in [-0.05, 0) is 67.3 Å². The number of nitrogens with zero attached hydrogens (tertiary/aromatic N) is 2. The maximum Gasteiger partial charge on any atom is 0.261 e. The van der Waals surface area contributed by atoms with Crippen LogP contribution < -0.4 is 0 Å². The third kappa shape index (κ3) is 5.42. The molecule has 1 aliphatic heterocycles. The van der Waals surface area contributed by atoms with Crippen LogP contribution in [0.4, 0.5) is 0 Å². The number of likely N-dealkylation sites (tertiary alicyclic amines) is 1. The van der Waals surface area contributed by atoms with Gasteiger partial charge in [-0.3, -0.25) is 9.45 Å². The summed E-state index contributed by atoms with van der Waals surface area (Å²) in [6.45, 7) is 8.32. The summed E-state index contributed by atoms with van der Waals surface area (Å²) in [5, 5.41) is 1.60. The Morgan fingerprint density at radius 1 is 1.20 bits per heavy atom. The highest BCUT2D eigenvalue weighted by Crippen LogP contribution is 2.45. The number of hydrogen-bond donors (Lipinski definition) is 1. The number of hydrogen-bond acceptors (Lipinski definition) is 4. The molecule has 2 heterocycles. The van der Waals surface area contributed by atoms with Crippen molar-refractivity contribution in [3.63, 3.8) is 0 Å². The molecule has 30 heavy (non-hydrogen) atoms. The van der Waals surface area contributed by atoms with E-state index in [0.29, 0.717) is 12.3 Å². The van der Waals surface area contributed by atoms with Crippen LogP contribution in [-0.4, -0.2) is 59.8 Å². The molecule has 7 heteroatoms. The Kier molecular flexibility index (Phi) is 7.93. The van der Waals surface area contributed by atoms with Gasteiger partial charge in [0.05, 0.1) is 6.26 Å². The first kappa shape index (κ1) is 23.6. The minimum absolute atomic E-state index is 0.715. The monoisotopic (exact) mass is 452 g/mol. The lowest BCUT2D eigenvalue weighted by Crippen LogP contribution is -2.50. The SMILES string of the molecule is CCCN1C[C@H](CSC)CC2c3cccc4c3c(cn4CCC)C[C@H]21.CS(=O)(=O)O. The minimum Gasteiger partial charge on any atom is -0.347 e. The Morgan fingerprint density at radius 2 is 1.90 bits per heavy atom. The van der Waals surface area contributed by atoms with Gasteiger partial charge in [0.2, 0.25) is 0 Å². The zero-order valence-corrected chi connectivity index (χ0v) is 20.3. The smallest absolute Gasteiger partial charge is 0.261 e. The first-order valence-electron chi connectivity index (χ1n) is 11.0. The van der Waals surface area contributed by atoms with Crippen LogP contribution in [0.3, 0.4) is 0 Å². The molecule has 0 saturated carbocycles. The molecule has 0 bridgehead atoms. The molecule has 1 saturated heterocycles. The van der Waals surface area contributed by atoms with Gasteiger partial charge < -0.3 is 4.57 Å². The normalized spacial score (nSPS) is 23.7. The van der Waals surface area contributed by atoms with Gasteiger partial charge >= 0.3 is 0 Å². The van der Waals surface area contributed by atoms with E-state index in [-0.39, 0.29) is 0 Å². The van der Waals surface area contributed by atoms with Gasteiger partial charge in [0.15, 0.2) is 0 Å². The summed E-state index contributed by atoms with van der Waals surface area (Å²) in [7, 11) is -3.67. The van der Waals surface area contributed by atoms with E-state index in [0.717, 1.165) is 18.4 Å². The van der Waals surface area contributed by atoms with Gasteiger partial charge in [-0.2, -0.15) is 20.2 Å². The fourth-order valence-electron chi connectivity index (χ4n) is 5.40. The molecule has 1 N–H and O–H groups in total. The molecular formula is C23H36N2O3S2. The third-order valence-corrected chi connectivity index (χ3v) is 7.04. The zero-order chi connectivity index (χ0) is 21.9. The molecule has 1 fully saturated rings. The summed E-state index contributed by atoms with van der Waals surface area (Å²) >= 11 is 2.03. The quantitative estimate of drug-likeness (QED) is 0.646. The zero-order valence-electron chi connectivity index (χ0n) is 18.7. The molecule has 1 aromatic carbocycles. The van der Waals surface area contributed by atoms with Crippen molar-refractivity contribution in [1.82, 2.24) is 9.47 Å². The second-order valence-corrected chi connectivity index (χ2v) is 11.1. The van der Waals surface area contributed by atoms with Crippen LogP contribution in [0.15, 0.2) is 24.4 Å². The van der Waals surface area contributed by atoms with Crippen LogP contribution in [-0.2, 0) is 23.1 Å². The summed E-state index contributed by atoms with van der Waals surface area (Å²) in [6, 6.07) is 7.79. The summed E-state index contributed by atoms with van der Waals surface area (Å²) in [5.41, 5.74) is 4.72. The highest BCUT2D eigenvalue weighted by atomic mass is 32.2. The lowest BCUT2D eigenvalue weighted by molar-refractivity contribution is 0.0926. The van der Waals surface area contributed by atoms with Crippen LogP contribution in [0, 0.1) is 5.92 Å². The topological polar surface area (TPSA) is 62.5 Å². The molecule has 5 nitrogen and oxygen atoms in total. The third-order valence-electron chi connectivity index (χ3n) is 6.24. The van der Waals surface area contributed by atoms with Gasteiger partial charge in [0, 0.05) is 42.1 Å². The van der Waals surface area contributed by atoms with Crippen molar-refractivity contribution in [3.8, 4) is 0 Å². The standard InChI is InChI=1S/C22H32N2S.CH4O3S/c1-4-9-23-13-16(15-25-3)11-19-18-7-6-8-20-22(18)17(12-21(19)23)14-24(20)10-5-2;1-5(2,3)4/h6-8,14,16,19,21H,4-5,9-13,15H2,1-3H3;1H3,(H,2,3,4)/t16-,19?,21-;/m1./s1. The maximum absolute atomic E-state index is 9.19. The Balaban J connectivity index is 0.000000461. The second kappa shape index (κ2) is 10.1. The van der Waals surface area contributed by atoms with E-state index in [4.69, 9.17) is 4.55 Å². The predicted molar refractivity (Wildman–Crippen MR) is 128 cm³/mol. The van der Waals surface area contributed by atoms with E-state index in [9.17, 15) is 8.42 Å². The lowest BCUT2D eigenvalue weighted by atomic mass is 9.72. The fraction of sp³-hybridized carbons (Fsp3) is 0.652. The number of thioether (sulfide) groups is 1. The molecule has 1 aromatic heterocycles. The summed E-state index contributed by atoms with van der Waals surface area (Å²) in [6.07, 6.45) is 10.5. The van der Waals surface area contributed by atoms with Crippen molar-refractivity contribution in [3.05, 3.63) is 35.5 Å². The van der Waals surface area contributed by atoms with Crippen LogP contribution in [0.1, 0.15) is 50.2 Å². The number of aryl methyl sites for hydroxylation is 1. The van der Waals surface area contributed by atoms with E-state index < -0.39 is 10.1 Å². The van der Waals surface area contributed by atoms with Gasteiger partial charge in [-0.1, -0.05) is 26.0 Å². The fourth-order valence-corrected chi connectivity index (χ4v) is 6.12. The first-order valence-corrected chi connectivity index (χ1v) is 14.3. The molecule has 2 aliphatic rings. The van der Waals surface area contributed by atoms with E-state index in [1.165, 1.54) is 50.0 Å². The molecule has 1 aliphatic carbocycles. The molecule has 0 radical (unpaired) electrons. The molecule has 0 spiro atoms. The van der Waals surface area contributed by atoms with Crippen molar-refractivity contribution in [2.75, 3.05) is 31.4 Å². The van der Waals surface area contributed by atoms with Crippen molar-refractivity contribution >= 4 is 32.8 Å². The Labute approximate surface area is 186 Å². The van der Waals surface area contributed by atoms with E-state index in [1.54, 1.807) is 16.5 Å². The van der Waals surface area contributed by atoms with Gasteiger partial charge in [0.25, 0.3) is 10.1 Å². The Hall–Kier alpha value is -1.02. The second-order valence-electron chi connectivity index (χ2n) is 8.75. The van der Waals surface area contributed by atoms with Gasteiger partial charge in [-0.15, -0.1) is 0 Å². The van der Waals surface area contributed by atoms with Crippen molar-refractivity contribution < 1.29 is 13.0 Å².